The summed E-state index contributed by atoms with van der Waals surface area (Å²) in [6.45, 7) is 2.02. The van der Waals surface area contributed by atoms with E-state index in [1.165, 1.54) is 6.08 Å². The Kier molecular flexibility index (Phi) is 4.65. The molecule has 0 aromatic heterocycles. The molecule has 0 atom stereocenters. The summed E-state index contributed by atoms with van der Waals surface area (Å²) < 4.78 is 4.73. The Balaban J connectivity index is 2.96. The molecular weight excluding hydrogens is 249 g/mol. The lowest BCUT2D eigenvalue weighted by Crippen LogP contribution is -2.05. The zero-order valence-corrected chi connectivity index (χ0v) is 10.2. The fourth-order valence-corrected chi connectivity index (χ4v) is 1.63. The SMILES string of the molecule is CCOC(=O)/C=C(\N)c1ccc(Cl)cc1Cl. The number of benzene rings is 1. The van der Waals surface area contributed by atoms with Crippen LogP contribution >= 0.6 is 23.2 Å². The zero-order chi connectivity index (χ0) is 12.1. The highest BCUT2D eigenvalue weighted by atomic mass is 35.5. The second-order valence-corrected chi connectivity index (χ2v) is 3.82. The number of nitrogens with two attached hydrogens (primary N) is 1. The Morgan fingerprint density at radius 2 is 2.19 bits per heavy atom. The van der Waals surface area contributed by atoms with Crippen LogP contribution < -0.4 is 5.73 Å². The van der Waals surface area contributed by atoms with Gasteiger partial charge in [-0.25, -0.2) is 4.79 Å². The number of esters is 1. The van der Waals surface area contributed by atoms with E-state index in [1.807, 2.05) is 0 Å². The number of hydrogen-bond acceptors (Lipinski definition) is 3. The summed E-state index contributed by atoms with van der Waals surface area (Å²) >= 11 is 11.7. The highest BCUT2D eigenvalue weighted by Gasteiger charge is 2.06. The number of rotatable bonds is 3. The van der Waals surface area contributed by atoms with Crippen LogP contribution in [-0.4, -0.2) is 12.6 Å². The largest absolute Gasteiger partial charge is 0.463 e. The predicted molar refractivity (Wildman–Crippen MR) is 65.3 cm³/mol. The molecule has 3 nitrogen and oxygen atoms in total. The molecule has 0 bridgehead atoms. The Labute approximate surface area is 104 Å². The van der Waals surface area contributed by atoms with Crippen molar-refractivity contribution < 1.29 is 9.53 Å². The Bertz CT molecular complexity index is 430. The van der Waals surface area contributed by atoms with Gasteiger partial charge in [0.1, 0.15) is 0 Å². The van der Waals surface area contributed by atoms with Crippen molar-refractivity contribution in [2.75, 3.05) is 6.61 Å². The van der Waals surface area contributed by atoms with E-state index in [0.717, 1.165) is 0 Å². The highest BCUT2D eigenvalue weighted by molar-refractivity contribution is 6.35. The Hall–Kier alpha value is -1.19. The van der Waals surface area contributed by atoms with E-state index in [2.05, 4.69) is 0 Å². The van der Waals surface area contributed by atoms with Crippen LogP contribution in [0.2, 0.25) is 10.0 Å². The monoisotopic (exact) mass is 259 g/mol. The van der Waals surface area contributed by atoms with Gasteiger partial charge in [-0.15, -0.1) is 0 Å². The molecule has 0 aliphatic heterocycles. The van der Waals surface area contributed by atoms with Crippen LogP contribution in [0.4, 0.5) is 0 Å². The lowest BCUT2D eigenvalue weighted by molar-refractivity contribution is -0.137. The van der Waals surface area contributed by atoms with Crippen LogP contribution in [0, 0.1) is 0 Å². The summed E-state index contributed by atoms with van der Waals surface area (Å²) in [7, 11) is 0. The van der Waals surface area contributed by atoms with Gasteiger partial charge in [-0.2, -0.15) is 0 Å². The minimum Gasteiger partial charge on any atom is -0.463 e. The molecule has 1 aromatic rings. The van der Waals surface area contributed by atoms with Crippen molar-refractivity contribution in [3.05, 3.63) is 39.9 Å². The molecule has 0 saturated heterocycles. The maximum absolute atomic E-state index is 11.2. The van der Waals surface area contributed by atoms with Gasteiger partial charge >= 0.3 is 5.97 Å². The normalized spacial score (nSPS) is 11.3. The molecule has 86 valence electrons. The molecule has 0 fully saturated rings. The smallest absolute Gasteiger partial charge is 0.332 e. The first-order valence-corrected chi connectivity index (χ1v) is 5.39. The van der Waals surface area contributed by atoms with Crippen LogP contribution in [0.5, 0.6) is 0 Å². The summed E-state index contributed by atoms with van der Waals surface area (Å²) in [4.78, 5) is 11.2. The first kappa shape index (κ1) is 12.9. The zero-order valence-electron chi connectivity index (χ0n) is 8.67. The molecule has 0 amide bonds. The molecule has 5 heteroatoms. The van der Waals surface area contributed by atoms with E-state index in [-0.39, 0.29) is 5.70 Å². The predicted octanol–water partition coefficient (Wildman–Crippen LogP) is 2.86. The van der Waals surface area contributed by atoms with Gasteiger partial charge in [0.15, 0.2) is 0 Å². The number of ether oxygens (including phenoxy) is 1. The van der Waals surface area contributed by atoms with Crippen LogP contribution in [0.1, 0.15) is 12.5 Å². The third-order valence-corrected chi connectivity index (χ3v) is 2.35. The third kappa shape index (κ3) is 3.43. The maximum atomic E-state index is 11.2. The molecule has 0 aliphatic carbocycles. The van der Waals surface area contributed by atoms with Gasteiger partial charge in [0.2, 0.25) is 0 Å². The lowest BCUT2D eigenvalue weighted by atomic mass is 10.1. The molecule has 0 aliphatic rings. The minimum atomic E-state index is -0.494. The molecule has 0 unspecified atom stereocenters. The molecule has 0 radical (unpaired) electrons. The molecule has 2 N–H and O–H groups in total. The van der Waals surface area contributed by atoms with E-state index in [9.17, 15) is 4.79 Å². The second-order valence-electron chi connectivity index (χ2n) is 2.98. The minimum absolute atomic E-state index is 0.250. The van der Waals surface area contributed by atoms with Gasteiger partial charge in [0, 0.05) is 22.4 Å². The first-order valence-electron chi connectivity index (χ1n) is 4.64. The fraction of sp³-hybridized carbons (Fsp3) is 0.182. The fourth-order valence-electron chi connectivity index (χ4n) is 1.11. The van der Waals surface area contributed by atoms with Crippen molar-refractivity contribution in [1.82, 2.24) is 0 Å². The highest BCUT2D eigenvalue weighted by Crippen LogP contribution is 2.24. The average Bonchev–Trinajstić information content (AvgIpc) is 2.17. The van der Waals surface area contributed by atoms with Crippen LogP contribution in [0.25, 0.3) is 5.70 Å². The molecule has 1 aromatic carbocycles. The molecular formula is C11H11Cl2NO2. The second kappa shape index (κ2) is 5.77. The molecule has 1 rings (SSSR count). The molecule has 0 saturated carbocycles. The molecule has 16 heavy (non-hydrogen) atoms. The Morgan fingerprint density at radius 1 is 1.50 bits per heavy atom. The maximum Gasteiger partial charge on any atom is 0.332 e. The van der Waals surface area contributed by atoms with Crippen molar-refractivity contribution in [3.8, 4) is 0 Å². The van der Waals surface area contributed by atoms with Crippen molar-refractivity contribution in [2.24, 2.45) is 5.73 Å². The standard InChI is InChI=1S/C11H11Cl2NO2/c1-2-16-11(15)6-10(14)8-4-3-7(12)5-9(8)13/h3-6H,2,14H2,1H3/b10-6-. The van der Waals surface area contributed by atoms with Crippen molar-refractivity contribution in [2.45, 2.75) is 6.92 Å². The van der Waals surface area contributed by atoms with Gasteiger partial charge in [-0.3, -0.25) is 0 Å². The summed E-state index contributed by atoms with van der Waals surface area (Å²) in [5.74, 6) is -0.494. The quantitative estimate of drug-likeness (QED) is 0.671. The average molecular weight is 260 g/mol. The number of halogens is 2. The van der Waals surface area contributed by atoms with Crippen LogP contribution in [-0.2, 0) is 9.53 Å². The molecule has 0 heterocycles. The van der Waals surface area contributed by atoms with E-state index < -0.39 is 5.97 Å². The van der Waals surface area contributed by atoms with Crippen LogP contribution in [0.3, 0.4) is 0 Å². The van der Waals surface area contributed by atoms with Crippen LogP contribution in [0.15, 0.2) is 24.3 Å². The van der Waals surface area contributed by atoms with Gasteiger partial charge in [-0.05, 0) is 25.1 Å². The van der Waals surface area contributed by atoms with E-state index >= 15 is 0 Å². The summed E-state index contributed by atoms with van der Waals surface area (Å²) in [5, 5.41) is 0.906. The summed E-state index contributed by atoms with van der Waals surface area (Å²) in [5.41, 5.74) is 6.51. The van der Waals surface area contributed by atoms with Gasteiger partial charge in [0.05, 0.1) is 11.6 Å². The van der Waals surface area contributed by atoms with Crippen molar-refractivity contribution in [3.63, 3.8) is 0 Å². The van der Waals surface area contributed by atoms with E-state index in [4.69, 9.17) is 33.7 Å². The van der Waals surface area contributed by atoms with E-state index in [1.54, 1.807) is 25.1 Å². The summed E-state index contributed by atoms with van der Waals surface area (Å²) in [6, 6.07) is 4.86. The number of carbonyl (C=O) groups excluding carboxylic acids is 1. The van der Waals surface area contributed by atoms with E-state index in [0.29, 0.717) is 22.2 Å². The number of hydrogen-bond donors (Lipinski definition) is 1. The lowest BCUT2D eigenvalue weighted by Gasteiger charge is -2.04. The summed E-state index contributed by atoms with van der Waals surface area (Å²) in [6.07, 6.45) is 1.19. The Morgan fingerprint density at radius 3 is 2.75 bits per heavy atom. The first-order chi connectivity index (χ1) is 7.54. The van der Waals surface area contributed by atoms with Crippen molar-refractivity contribution >= 4 is 34.9 Å². The third-order valence-electron chi connectivity index (χ3n) is 1.80. The topological polar surface area (TPSA) is 52.3 Å². The van der Waals surface area contributed by atoms with Gasteiger partial charge < -0.3 is 10.5 Å². The van der Waals surface area contributed by atoms with Crippen molar-refractivity contribution in [1.29, 1.82) is 0 Å². The number of carbonyl (C=O) groups is 1. The van der Waals surface area contributed by atoms with Gasteiger partial charge in [0.25, 0.3) is 0 Å². The van der Waals surface area contributed by atoms with Gasteiger partial charge in [-0.1, -0.05) is 23.2 Å². The molecule has 0 spiro atoms.